The zero-order valence-corrected chi connectivity index (χ0v) is 11.3. The lowest BCUT2D eigenvalue weighted by atomic mass is 10.1. The molecule has 0 heterocycles. The number of nitriles is 1. The molecule has 0 amide bonds. The van der Waals surface area contributed by atoms with Crippen LogP contribution in [0.3, 0.4) is 0 Å². The molecule has 2 N–H and O–H groups in total. The summed E-state index contributed by atoms with van der Waals surface area (Å²) in [5, 5.41) is 17.4. The number of aliphatic carboxylic acids is 1. The van der Waals surface area contributed by atoms with E-state index in [4.69, 9.17) is 10.4 Å². The van der Waals surface area contributed by atoms with Crippen molar-refractivity contribution in [1.82, 2.24) is 4.72 Å². The smallest absolute Gasteiger partial charge is 0.307 e. The fraction of sp³-hybridized carbons (Fsp3) is 0.333. The Morgan fingerprint density at radius 2 is 1.84 bits per heavy atom. The van der Waals surface area contributed by atoms with Crippen molar-refractivity contribution in [3.05, 3.63) is 29.8 Å². The minimum Gasteiger partial charge on any atom is -0.481 e. The maximum atomic E-state index is 12.0. The number of carboxylic acid groups (broad SMARTS) is 1. The van der Waals surface area contributed by atoms with Gasteiger partial charge in [0.05, 0.1) is 22.4 Å². The molecule has 0 radical (unpaired) electrons. The van der Waals surface area contributed by atoms with Gasteiger partial charge in [0, 0.05) is 6.04 Å². The summed E-state index contributed by atoms with van der Waals surface area (Å²) in [5.74, 6) is -1.91. The second-order valence-electron chi connectivity index (χ2n) is 4.17. The molecule has 0 saturated carbocycles. The predicted octanol–water partition coefficient (Wildman–Crippen LogP) is 0.946. The highest BCUT2D eigenvalue weighted by molar-refractivity contribution is 7.89. The molecule has 2 atom stereocenters. The molecule has 0 bridgehead atoms. The van der Waals surface area contributed by atoms with E-state index in [2.05, 4.69) is 4.72 Å². The monoisotopic (exact) mass is 282 g/mol. The lowest BCUT2D eigenvalue weighted by molar-refractivity contribution is -0.141. The Hall–Kier alpha value is -1.91. The van der Waals surface area contributed by atoms with Crippen molar-refractivity contribution in [3.8, 4) is 6.07 Å². The fourth-order valence-corrected chi connectivity index (χ4v) is 2.66. The molecule has 0 fully saturated rings. The van der Waals surface area contributed by atoms with Gasteiger partial charge in [-0.15, -0.1) is 0 Å². The molecule has 102 valence electrons. The van der Waals surface area contributed by atoms with E-state index in [0.29, 0.717) is 5.56 Å². The molecule has 6 nitrogen and oxygen atoms in total. The Morgan fingerprint density at radius 3 is 2.26 bits per heavy atom. The van der Waals surface area contributed by atoms with Crippen molar-refractivity contribution in [1.29, 1.82) is 5.26 Å². The lowest BCUT2D eigenvalue weighted by Crippen LogP contribution is -2.39. The second-order valence-corrected chi connectivity index (χ2v) is 5.89. The first-order valence-corrected chi connectivity index (χ1v) is 7.01. The number of rotatable bonds is 5. The number of hydrogen-bond acceptors (Lipinski definition) is 4. The van der Waals surface area contributed by atoms with E-state index >= 15 is 0 Å². The first-order chi connectivity index (χ1) is 8.77. The van der Waals surface area contributed by atoms with Crippen LogP contribution in [0.2, 0.25) is 0 Å². The molecule has 0 aliphatic heterocycles. The number of carboxylic acids is 1. The van der Waals surface area contributed by atoms with Gasteiger partial charge < -0.3 is 5.11 Å². The molecule has 0 aliphatic rings. The topological polar surface area (TPSA) is 107 Å². The Kier molecular flexibility index (Phi) is 4.64. The summed E-state index contributed by atoms with van der Waals surface area (Å²) >= 11 is 0. The lowest BCUT2D eigenvalue weighted by Gasteiger charge is -2.17. The molecule has 2 unspecified atom stereocenters. The third-order valence-electron chi connectivity index (χ3n) is 2.77. The van der Waals surface area contributed by atoms with Gasteiger partial charge in [-0.3, -0.25) is 4.79 Å². The standard InChI is InChI=1S/C12H14N2O4S/c1-8(12(15)16)9(2)14-19(17,18)11-5-3-10(7-13)4-6-11/h3-6,8-9,14H,1-2H3,(H,15,16). The summed E-state index contributed by atoms with van der Waals surface area (Å²) in [6.07, 6.45) is 0. The molecule has 7 heteroatoms. The molecule has 1 rings (SSSR count). The zero-order valence-electron chi connectivity index (χ0n) is 10.5. The van der Waals surface area contributed by atoms with E-state index in [1.807, 2.05) is 6.07 Å². The number of carbonyl (C=O) groups is 1. The summed E-state index contributed by atoms with van der Waals surface area (Å²) in [7, 11) is -3.79. The first-order valence-electron chi connectivity index (χ1n) is 5.53. The van der Waals surface area contributed by atoms with Gasteiger partial charge in [0.2, 0.25) is 10.0 Å². The number of nitrogens with one attached hydrogen (secondary N) is 1. The molecule has 1 aromatic rings. The number of hydrogen-bond donors (Lipinski definition) is 2. The van der Waals surface area contributed by atoms with Gasteiger partial charge in [-0.1, -0.05) is 6.92 Å². The largest absolute Gasteiger partial charge is 0.481 e. The molecule has 0 saturated heterocycles. The van der Waals surface area contributed by atoms with Crippen molar-refractivity contribution >= 4 is 16.0 Å². The first kappa shape index (κ1) is 15.1. The summed E-state index contributed by atoms with van der Waals surface area (Å²) in [4.78, 5) is 10.8. The van der Waals surface area contributed by atoms with Gasteiger partial charge >= 0.3 is 5.97 Å². The maximum Gasteiger partial charge on any atom is 0.307 e. The van der Waals surface area contributed by atoms with Crippen LogP contribution >= 0.6 is 0 Å². The van der Waals surface area contributed by atoms with Gasteiger partial charge in [-0.2, -0.15) is 5.26 Å². The Labute approximate surface area is 111 Å². The van der Waals surface area contributed by atoms with Gasteiger partial charge in [-0.25, -0.2) is 13.1 Å². The normalized spacial score (nSPS) is 14.4. The molecular weight excluding hydrogens is 268 g/mol. The van der Waals surface area contributed by atoms with Crippen molar-refractivity contribution in [2.24, 2.45) is 5.92 Å². The van der Waals surface area contributed by atoms with Crippen LogP contribution in [0.5, 0.6) is 0 Å². The van der Waals surface area contributed by atoms with Crippen molar-refractivity contribution in [2.75, 3.05) is 0 Å². The van der Waals surface area contributed by atoms with Crippen LogP contribution < -0.4 is 4.72 Å². The molecule has 1 aromatic carbocycles. The molecule has 19 heavy (non-hydrogen) atoms. The molecule has 0 spiro atoms. The third kappa shape index (κ3) is 3.77. The minimum atomic E-state index is -3.79. The fourth-order valence-electron chi connectivity index (χ4n) is 1.34. The highest BCUT2D eigenvalue weighted by atomic mass is 32.2. The van der Waals surface area contributed by atoms with Crippen LogP contribution in [-0.2, 0) is 14.8 Å². The average Bonchev–Trinajstić information content (AvgIpc) is 2.37. The number of nitrogens with zero attached hydrogens (tertiary/aromatic N) is 1. The maximum absolute atomic E-state index is 12.0. The average molecular weight is 282 g/mol. The van der Waals surface area contributed by atoms with Crippen LogP contribution in [0.4, 0.5) is 0 Å². The van der Waals surface area contributed by atoms with E-state index in [1.54, 1.807) is 0 Å². The SMILES string of the molecule is CC(NS(=O)(=O)c1ccc(C#N)cc1)C(C)C(=O)O. The molecule has 0 aliphatic carbocycles. The Balaban J connectivity index is 2.92. The Morgan fingerprint density at radius 1 is 1.32 bits per heavy atom. The molecular formula is C12H14N2O4S. The minimum absolute atomic E-state index is 0.00376. The van der Waals surface area contributed by atoms with Crippen molar-refractivity contribution in [2.45, 2.75) is 24.8 Å². The number of benzene rings is 1. The highest BCUT2D eigenvalue weighted by Crippen LogP contribution is 2.12. The number of sulfonamides is 1. The van der Waals surface area contributed by atoms with Gasteiger partial charge in [0.1, 0.15) is 0 Å². The van der Waals surface area contributed by atoms with E-state index in [-0.39, 0.29) is 4.90 Å². The van der Waals surface area contributed by atoms with Gasteiger partial charge in [0.15, 0.2) is 0 Å². The van der Waals surface area contributed by atoms with E-state index in [9.17, 15) is 13.2 Å². The van der Waals surface area contributed by atoms with Gasteiger partial charge in [0.25, 0.3) is 0 Å². The zero-order chi connectivity index (χ0) is 14.6. The van der Waals surface area contributed by atoms with Crippen LogP contribution in [0.15, 0.2) is 29.2 Å². The van der Waals surface area contributed by atoms with Crippen LogP contribution in [-0.4, -0.2) is 25.5 Å². The van der Waals surface area contributed by atoms with E-state index in [1.165, 1.54) is 38.1 Å². The molecule has 0 aromatic heterocycles. The van der Waals surface area contributed by atoms with E-state index < -0.39 is 28.0 Å². The quantitative estimate of drug-likeness (QED) is 0.836. The van der Waals surface area contributed by atoms with Crippen molar-refractivity contribution in [3.63, 3.8) is 0 Å². The van der Waals surface area contributed by atoms with Gasteiger partial charge in [-0.05, 0) is 31.2 Å². The van der Waals surface area contributed by atoms with Crippen molar-refractivity contribution < 1.29 is 18.3 Å². The summed E-state index contributed by atoms with van der Waals surface area (Å²) < 4.78 is 26.3. The summed E-state index contributed by atoms with van der Waals surface area (Å²) in [5.41, 5.74) is 0.353. The van der Waals surface area contributed by atoms with E-state index in [0.717, 1.165) is 0 Å². The van der Waals surface area contributed by atoms with Crippen LogP contribution in [0.1, 0.15) is 19.4 Å². The predicted molar refractivity (Wildman–Crippen MR) is 67.7 cm³/mol. The third-order valence-corrected chi connectivity index (χ3v) is 4.35. The summed E-state index contributed by atoms with van der Waals surface area (Å²) in [6, 6.07) is 6.54. The Bertz CT molecular complexity index is 602. The second kappa shape index (κ2) is 5.82. The highest BCUT2D eigenvalue weighted by Gasteiger charge is 2.25. The summed E-state index contributed by atoms with van der Waals surface area (Å²) in [6.45, 7) is 2.91. The van der Waals surface area contributed by atoms with Crippen LogP contribution in [0, 0.1) is 17.2 Å². The van der Waals surface area contributed by atoms with Crippen LogP contribution in [0.25, 0.3) is 0 Å².